The highest BCUT2D eigenvalue weighted by molar-refractivity contribution is 5.54. The van der Waals surface area contributed by atoms with Crippen LogP contribution in [0.1, 0.15) is 44.2 Å². The van der Waals surface area contributed by atoms with E-state index in [9.17, 15) is 0 Å². The topological polar surface area (TPSA) is 15.3 Å². The van der Waals surface area contributed by atoms with E-state index in [1.807, 2.05) is 7.05 Å². The molecule has 0 saturated carbocycles. The third-order valence-corrected chi connectivity index (χ3v) is 4.32. The first-order valence-electron chi connectivity index (χ1n) is 7.51. The predicted molar refractivity (Wildman–Crippen MR) is 83.8 cm³/mol. The first-order chi connectivity index (χ1) is 9.02. The van der Waals surface area contributed by atoms with E-state index in [2.05, 4.69) is 49.2 Å². The fourth-order valence-electron chi connectivity index (χ4n) is 3.05. The van der Waals surface area contributed by atoms with Crippen LogP contribution in [0.15, 0.2) is 18.2 Å². The minimum atomic E-state index is 0.509. The molecule has 2 rings (SSSR count). The Morgan fingerprint density at radius 1 is 1.21 bits per heavy atom. The molecule has 1 aliphatic rings. The van der Waals surface area contributed by atoms with E-state index >= 15 is 0 Å². The SMILES string of the molecule is CNCc1ccc(N2CCCC(C)(C)CC2)c(C)c1. The summed E-state index contributed by atoms with van der Waals surface area (Å²) in [5.74, 6) is 0. The van der Waals surface area contributed by atoms with Crippen LogP contribution in [-0.2, 0) is 6.54 Å². The van der Waals surface area contributed by atoms with Crippen molar-refractivity contribution in [2.24, 2.45) is 5.41 Å². The van der Waals surface area contributed by atoms with Crippen LogP contribution in [0.5, 0.6) is 0 Å². The monoisotopic (exact) mass is 260 g/mol. The average molecular weight is 260 g/mol. The van der Waals surface area contributed by atoms with Crippen LogP contribution in [0, 0.1) is 12.3 Å². The maximum atomic E-state index is 3.22. The Labute approximate surface area is 118 Å². The molecule has 0 spiro atoms. The third-order valence-electron chi connectivity index (χ3n) is 4.32. The van der Waals surface area contributed by atoms with Gasteiger partial charge in [0, 0.05) is 25.3 Å². The summed E-state index contributed by atoms with van der Waals surface area (Å²) in [5.41, 5.74) is 4.72. The van der Waals surface area contributed by atoms with Gasteiger partial charge in [-0.3, -0.25) is 0 Å². The van der Waals surface area contributed by atoms with Crippen LogP contribution in [-0.4, -0.2) is 20.1 Å². The Morgan fingerprint density at radius 2 is 2.00 bits per heavy atom. The second kappa shape index (κ2) is 5.96. The summed E-state index contributed by atoms with van der Waals surface area (Å²) in [6.07, 6.45) is 3.95. The standard InChI is InChI=1S/C17H28N2/c1-14-12-15(13-18-4)6-7-16(14)19-10-5-8-17(2,3)9-11-19/h6-7,12,18H,5,8-11,13H2,1-4H3. The first-order valence-corrected chi connectivity index (χ1v) is 7.51. The van der Waals surface area contributed by atoms with Crippen molar-refractivity contribution in [1.82, 2.24) is 5.32 Å². The number of hydrogen-bond donors (Lipinski definition) is 1. The molecule has 0 aromatic heterocycles. The van der Waals surface area contributed by atoms with Crippen LogP contribution >= 0.6 is 0 Å². The molecule has 0 bridgehead atoms. The molecule has 2 heteroatoms. The fraction of sp³-hybridized carbons (Fsp3) is 0.647. The lowest BCUT2D eigenvalue weighted by atomic mass is 9.85. The largest absolute Gasteiger partial charge is 0.371 e. The zero-order valence-electron chi connectivity index (χ0n) is 12.9. The number of benzene rings is 1. The van der Waals surface area contributed by atoms with Gasteiger partial charge < -0.3 is 10.2 Å². The van der Waals surface area contributed by atoms with Gasteiger partial charge in [-0.2, -0.15) is 0 Å². The van der Waals surface area contributed by atoms with Crippen molar-refractivity contribution >= 4 is 5.69 Å². The third kappa shape index (κ3) is 3.73. The smallest absolute Gasteiger partial charge is 0.0396 e. The number of nitrogens with one attached hydrogen (secondary N) is 1. The van der Waals surface area contributed by atoms with Gasteiger partial charge in [0.05, 0.1) is 0 Å². The molecule has 0 amide bonds. The van der Waals surface area contributed by atoms with Gasteiger partial charge >= 0.3 is 0 Å². The van der Waals surface area contributed by atoms with Gasteiger partial charge in [-0.15, -0.1) is 0 Å². The van der Waals surface area contributed by atoms with E-state index in [0.717, 1.165) is 6.54 Å². The Balaban J connectivity index is 2.13. The molecule has 1 aliphatic heterocycles. The molecule has 1 aromatic carbocycles. The van der Waals surface area contributed by atoms with Crippen molar-refractivity contribution in [1.29, 1.82) is 0 Å². The minimum Gasteiger partial charge on any atom is -0.371 e. The summed E-state index contributed by atoms with van der Waals surface area (Å²) in [6.45, 7) is 10.4. The van der Waals surface area contributed by atoms with E-state index in [0.29, 0.717) is 5.41 Å². The summed E-state index contributed by atoms with van der Waals surface area (Å²) in [7, 11) is 2.00. The van der Waals surface area contributed by atoms with Crippen molar-refractivity contribution in [2.75, 3.05) is 25.0 Å². The number of rotatable bonds is 3. The maximum absolute atomic E-state index is 3.22. The van der Waals surface area contributed by atoms with Gasteiger partial charge in [0.25, 0.3) is 0 Å². The molecule has 1 N–H and O–H groups in total. The Morgan fingerprint density at radius 3 is 2.68 bits per heavy atom. The molecule has 106 valence electrons. The quantitative estimate of drug-likeness (QED) is 0.891. The number of hydrogen-bond acceptors (Lipinski definition) is 2. The molecule has 1 aromatic rings. The van der Waals surface area contributed by atoms with Gasteiger partial charge in [0.1, 0.15) is 0 Å². The van der Waals surface area contributed by atoms with E-state index in [1.165, 1.54) is 49.2 Å². The van der Waals surface area contributed by atoms with E-state index in [-0.39, 0.29) is 0 Å². The van der Waals surface area contributed by atoms with E-state index in [1.54, 1.807) is 0 Å². The van der Waals surface area contributed by atoms with Gasteiger partial charge in [0.2, 0.25) is 0 Å². The molecule has 0 atom stereocenters. The Bertz CT molecular complexity index is 423. The Kier molecular flexibility index (Phi) is 4.51. The average Bonchev–Trinajstić information content (AvgIpc) is 2.51. The van der Waals surface area contributed by atoms with Crippen molar-refractivity contribution in [3.05, 3.63) is 29.3 Å². The normalized spacial score (nSPS) is 19.3. The van der Waals surface area contributed by atoms with Gasteiger partial charge in [-0.05, 0) is 55.8 Å². The summed E-state index contributed by atoms with van der Waals surface area (Å²) in [6, 6.07) is 6.89. The lowest BCUT2D eigenvalue weighted by molar-refractivity contribution is 0.325. The molecule has 1 fully saturated rings. The zero-order chi connectivity index (χ0) is 13.9. The van der Waals surface area contributed by atoms with Crippen LogP contribution in [0.25, 0.3) is 0 Å². The number of anilines is 1. The predicted octanol–water partition coefficient (Wildman–Crippen LogP) is 3.73. The second-order valence-corrected chi connectivity index (χ2v) is 6.66. The summed E-state index contributed by atoms with van der Waals surface area (Å²) in [5, 5.41) is 3.22. The second-order valence-electron chi connectivity index (χ2n) is 6.66. The van der Waals surface area contributed by atoms with Crippen LogP contribution in [0.3, 0.4) is 0 Å². The molecule has 2 nitrogen and oxygen atoms in total. The summed E-state index contributed by atoms with van der Waals surface area (Å²) in [4.78, 5) is 2.58. The van der Waals surface area contributed by atoms with Gasteiger partial charge in [-0.25, -0.2) is 0 Å². The van der Waals surface area contributed by atoms with Crippen molar-refractivity contribution in [2.45, 2.75) is 46.6 Å². The molecular formula is C17H28N2. The molecule has 0 unspecified atom stereocenters. The molecule has 1 heterocycles. The van der Waals surface area contributed by atoms with Crippen LogP contribution < -0.4 is 10.2 Å². The molecule has 0 radical (unpaired) electrons. The molecular weight excluding hydrogens is 232 g/mol. The summed E-state index contributed by atoms with van der Waals surface area (Å²) >= 11 is 0. The molecule has 0 aliphatic carbocycles. The fourth-order valence-corrected chi connectivity index (χ4v) is 3.05. The highest BCUT2D eigenvalue weighted by Gasteiger charge is 2.23. The first kappa shape index (κ1) is 14.4. The highest BCUT2D eigenvalue weighted by atomic mass is 15.1. The minimum absolute atomic E-state index is 0.509. The summed E-state index contributed by atoms with van der Waals surface area (Å²) < 4.78 is 0. The Hall–Kier alpha value is -1.02. The zero-order valence-corrected chi connectivity index (χ0v) is 12.9. The molecule has 1 saturated heterocycles. The number of nitrogens with zero attached hydrogens (tertiary/aromatic N) is 1. The van der Waals surface area contributed by atoms with E-state index in [4.69, 9.17) is 0 Å². The van der Waals surface area contributed by atoms with Crippen molar-refractivity contribution in [3.8, 4) is 0 Å². The van der Waals surface area contributed by atoms with E-state index < -0.39 is 0 Å². The van der Waals surface area contributed by atoms with Gasteiger partial charge in [0.15, 0.2) is 0 Å². The van der Waals surface area contributed by atoms with Crippen molar-refractivity contribution in [3.63, 3.8) is 0 Å². The maximum Gasteiger partial charge on any atom is 0.0396 e. The highest BCUT2D eigenvalue weighted by Crippen LogP contribution is 2.32. The number of aryl methyl sites for hydroxylation is 1. The lowest BCUT2D eigenvalue weighted by Crippen LogP contribution is -2.25. The van der Waals surface area contributed by atoms with Crippen LogP contribution in [0.2, 0.25) is 0 Å². The van der Waals surface area contributed by atoms with Gasteiger partial charge in [-0.1, -0.05) is 26.0 Å². The van der Waals surface area contributed by atoms with Crippen LogP contribution in [0.4, 0.5) is 5.69 Å². The molecule has 19 heavy (non-hydrogen) atoms. The van der Waals surface area contributed by atoms with Crippen molar-refractivity contribution < 1.29 is 0 Å². The lowest BCUT2D eigenvalue weighted by Gasteiger charge is -2.26.